The molecule has 1 aromatic carbocycles. The molecule has 0 aliphatic rings. The standard InChI is InChI=1S/C16H19ClO2/c1-11-10-15(12(2)19-11)16(17)14-6-4-13(5-7-14)8-9-18-3/h4-7,10,16H,8-9H2,1-3H3. The van der Waals surface area contributed by atoms with Crippen LogP contribution in [0.4, 0.5) is 0 Å². The molecule has 102 valence electrons. The Morgan fingerprint density at radius 1 is 1.21 bits per heavy atom. The summed E-state index contributed by atoms with van der Waals surface area (Å²) >= 11 is 6.52. The predicted octanol–water partition coefficient (Wildman–Crippen LogP) is 4.41. The van der Waals surface area contributed by atoms with Crippen LogP contribution in [0.2, 0.25) is 0 Å². The lowest BCUT2D eigenvalue weighted by atomic mass is 10.0. The van der Waals surface area contributed by atoms with Crippen LogP contribution in [0.1, 0.15) is 33.6 Å². The van der Waals surface area contributed by atoms with Crippen molar-refractivity contribution in [2.45, 2.75) is 25.6 Å². The first kappa shape index (κ1) is 14.2. The Balaban J connectivity index is 2.15. The summed E-state index contributed by atoms with van der Waals surface area (Å²) in [7, 11) is 1.72. The highest BCUT2D eigenvalue weighted by atomic mass is 35.5. The molecule has 0 amide bonds. The van der Waals surface area contributed by atoms with Gasteiger partial charge in [-0.2, -0.15) is 0 Å². The van der Waals surface area contributed by atoms with E-state index in [1.54, 1.807) is 7.11 Å². The summed E-state index contributed by atoms with van der Waals surface area (Å²) in [5.41, 5.74) is 3.39. The van der Waals surface area contributed by atoms with Crippen molar-refractivity contribution in [2.24, 2.45) is 0 Å². The van der Waals surface area contributed by atoms with Gasteiger partial charge in [-0.3, -0.25) is 0 Å². The molecule has 2 nitrogen and oxygen atoms in total. The average Bonchev–Trinajstić information content (AvgIpc) is 2.75. The fraction of sp³-hybridized carbons (Fsp3) is 0.375. The Hall–Kier alpha value is -1.25. The first-order chi connectivity index (χ1) is 9.11. The molecule has 1 aromatic heterocycles. The minimum absolute atomic E-state index is 0.158. The van der Waals surface area contributed by atoms with Crippen molar-refractivity contribution in [1.82, 2.24) is 0 Å². The van der Waals surface area contributed by atoms with E-state index in [1.807, 2.05) is 19.9 Å². The first-order valence-corrected chi connectivity index (χ1v) is 6.84. The second kappa shape index (κ2) is 6.27. The topological polar surface area (TPSA) is 22.4 Å². The number of hydrogen-bond acceptors (Lipinski definition) is 2. The van der Waals surface area contributed by atoms with Gasteiger partial charge in [-0.25, -0.2) is 0 Å². The number of aryl methyl sites for hydroxylation is 2. The van der Waals surface area contributed by atoms with E-state index in [1.165, 1.54) is 5.56 Å². The highest BCUT2D eigenvalue weighted by Gasteiger charge is 2.16. The maximum atomic E-state index is 6.52. The first-order valence-electron chi connectivity index (χ1n) is 6.40. The Morgan fingerprint density at radius 3 is 2.42 bits per heavy atom. The molecule has 0 radical (unpaired) electrons. The van der Waals surface area contributed by atoms with Gasteiger partial charge in [0.15, 0.2) is 0 Å². The van der Waals surface area contributed by atoms with Crippen LogP contribution in [0.25, 0.3) is 0 Å². The van der Waals surface area contributed by atoms with Gasteiger partial charge in [-0.15, -0.1) is 11.6 Å². The lowest BCUT2D eigenvalue weighted by Gasteiger charge is -2.10. The SMILES string of the molecule is COCCc1ccc(C(Cl)c2cc(C)oc2C)cc1. The van der Waals surface area contributed by atoms with Crippen molar-refractivity contribution in [2.75, 3.05) is 13.7 Å². The van der Waals surface area contributed by atoms with Crippen molar-refractivity contribution in [3.8, 4) is 0 Å². The minimum atomic E-state index is -0.158. The van der Waals surface area contributed by atoms with Crippen molar-refractivity contribution >= 4 is 11.6 Å². The summed E-state index contributed by atoms with van der Waals surface area (Å²) in [5, 5.41) is -0.158. The van der Waals surface area contributed by atoms with Gasteiger partial charge in [0, 0.05) is 12.7 Å². The Morgan fingerprint density at radius 2 is 1.89 bits per heavy atom. The van der Waals surface area contributed by atoms with Gasteiger partial charge in [0.2, 0.25) is 0 Å². The Labute approximate surface area is 119 Å². The van der Waals surface area contributed by atoms with Crippen molar-refractivity contribution in [3.63, 3.8) is 0 Å². The van der Waals surface area contributed by atoms with E-state index in [9.17, 15) is 0 Å². The molecule has 0 spiro atoms. The van der Waals surface area contributed by atoms with Crippen molar-refractivity contribution in [1.29, 1.82) is 0 Å². The molecule has 1 heterocycles. The van der Waals surface area contributed by atoms with Crippen molar-refractivity contribution < 1.29 is 9.15 Å². The highest BCUT2D eigenvalue weighted by Crippen LogP contribution is 2.32. The van der Waals surface area contributed by atoms with Gasteiger partial charge >= 0.3 is 0 Å². The molecule has 2 aromatic rings. The molecule has 0 saturated carbocycles. The van der Waals surface area contributed by atoms with E-state index in [4.69, 9.17) is 20.8 Å². The summed E-state index contributed by atoms with van der Waals surface area (Å²) in [5.74, 6) is 1.79. The number of methoxy groups -OCH3 is 1. The van der Waals surface area contributed by atoms with Gasteiger partial charge in [0.25, 0.3) is 0 Å². The lowest BCUT2D eigenvalue weighted by molar-refractivity contribution is 0.202. The molecular weight excluding hydrogens is 260 g/mol. The average molecular weight is 279 g/mol. The van der Waals surface area contributed by atoms with Gasteiger partial charge in [-0.1, -0.05) is 24.3 Å². The van der Waals surface area contributed by atoms with Crippen LogP contribution >= 0.6 is 11.6 Å². The predicted molar refractivity (Wildman–Crippen MR) is 77.9 cm³/mol. The maximum Gasteiger partial charge on any atom is 0.106 e. The summed E-state index contributed by atoms with van der Waals surface area (Å²) in [4.78, 5) is 0. The van der Waals surface area contributed by atoms with Crippen LogP contribution in [0.15, 0.2) is 34.7 Å². The number of halogens is 1. The van der Waals surface area contributed by atoms with Gasteiger partial charge in [0.05, 0.1) is 12.0 Å². The third-order valence-electron chi connectivity index (χ3n) is 3.22. The Bertz CT molecular complexity index is 528. The number of hydrogen-bond donors (Lipinski definition) is 0. The van der Waals surface area contributed by atoms with Crippen LogP contribution in [0.3, 0.4) is 0 Å². The summed E-state index contributed by atoms with van der Waals surface area (Å²) in [6.45, 7) is 4.63. The zero-order chi connectivity index (χ0) is 13.8. The Kier molecular flexibility index (Phi) is 4.67. The van der Waals surface area contributed by atoms with Crippen LogP contribution in [0, 0.1) is 13.8 Å². The molecule has 0 N–H and O–H groups in total. The zero-order valence-electron chi connectivity index (χ0n) is 11.6. The van der Waals surface area contributed by atoms with Gasteiger partial charge in [0.1, 0.15) is 11.5 Å². The monoisotopic (exact) mass is 278 g/mol. The number of alkyl halides is 1. The molecule has 0 aliphatic heterocycles. The molecule has 3 heteroatoms. The van der Waals surface area contributed by atoms with Gasteiger partial charge in [-0.05, 0) is 37.5 Å². The summed E-state index contributed by atoms with van der Waals surface area (Å²) < 4.78 is 10.6. The fourth-order valence-electron chi connectivity index (χ4n) is 2.15. The fourth-order valence-corrected chi connectivity index (χ4v) is 2.52. The molecule has 0 fully saturated rings. The third kappa shape index (κ3) is 3.40. The lowest BCUT2D eigenvalue weighted by Crippen LogP contribution is -1.97. The number of benzene rings is 1. The van der Waals surface area contributed by atoms with E-state index >= 15 is 0 Å². The number of furan rings is 1. The van der Waals surface area contributed by atoms with Crippen LogP contribution in [-0.2, 0) is 11.2 Å². The minimum Gasteiger partial charge on any atom is -0.466 e. The highest BCUT2D eigenvalue weighted by molar-refractivity contribution is 6.22. The third-order valence-corrected chi connectivity index (χ3v) is 3.71. The number of ether oxygens (including phenoxy) is 1. The molecule has 0 aliphatic carbocycles. The van der Waals surface area contributed by atoms with E-state index in [2.05, 4.69) is 24.3 Å². The molecule has 1 atom stereocenters. The van der Waals surface area contributed by atoms with E-state index in [0.717, 1.165) is 35.7 Å². The van der Waals surface area contributed by atoms with Crippen LogP contribution in [-0.4, -0.2) is 13.7 Å². The van der Waals surface area contributed by atoms with Gasteiger partial charge < -0.3 is 9.15 Å². The second-order valence-electron chi connectivity index (χ2n) is 4.72. The van der Waals surface area contributed by atoms with E-state index < -0.39 is 0 Å². The normalized spacial score (nSPS) is 12.6. The quantitative estimate of drug-likeness (QED) is 0.756. The molecule has 19 heavy (non-hydrogen) atoms. The second-order valence-corrected chi connectivity index (χ2v) is 5.15. The van der Waals surface area contributed by atoms with E-state index in [0.29, 0.717) is 0 Å². The molecule has 2 rings (SSSR count). The van der Waals surface area contributed by atoms with Crippen molar-refractivity contribution in [3.05, 3.63) is 58.5 Å². The number of rotatable bonds is 5. The zero-order valence-corrected chi connectivity index (χ0v) is 12.3. The summed E-state index contributed by atoms with van der Waals surface area (Å²) in [6.07, 6.45) is 0.924. The smallest absolute Gasteiger partial charge is 0.106 e. The molecule has 0 saturated heterocycles. The largest absolute Gasteiger partial charge is 0.466 e. The summed E-state index contributed by atoms with van der Waals surface area (Å²) in [6, 6.07) is 10.4. The van der Waals surface area contributed by atoms with Crippen LogP contribution in [0.5, 0.6) is 0 Å². The molecule has 0 bridgehead atoms. The maximum absolute atomic E-state index is 6.52. The molecule has 1 unspecified atom stereocenters. The van der Waals surface area contributed by atoms with Crippen LogP contribution < -0.4 is 0 Å². The molecular formula is C16H19ClO2. The van der Waals surface area contributed by atoms with E-state index in [-0.39, 0.29) is 5.38 Å².